The maximum atomic E-state index is 11.7. The molecule has 20 heavy (non-hydrogen) atoms. The van der Waals surface area contributed by atoms with Gasteiger partial charge in [0.15, 0.2) is 0 Å². The predicted octanol–water partition coefficient (Wildman–Crippen LogP) is -0.295. The normalized spacial score (nSPS) is 17.1. The summed E-state index contributed by atoms with van der Waals surface area (Å²) in [7, 11) is 1.64. The van der Waals surface area contributed by atoms with Crippen molar-refractivity contribution in [2.75, 3.05) is 46.5 Å². The van der Waals surface area contributed by atoms with Gasteiger partial charge in [-0.3, -0.25) is 9.69 Å². The summed E-state index contributed by atoms with van der Waals surface area (Å²) in [5.74, 6) is -0.922. The van der Waals surface area contributed by atoms with E-state index in [1.807, 2.05) is 0 Å². The highest BCUT2D eigenvalue weighted by atomic mass is 16.5. The molecular weight excluding hydrogens is 264 g/mol. The number of carbonyl (C=O) groups excluding carboxylic acids is 1. The second-order valence-electron chi connectivity index (χ2n) is 4.88. The van der Waals surface area contributed by atoms with Crippen LogP contribution in [0.25, 0.3) is 0 Å². The number of ether oxygens (including phenoxy) is 2. The Morgan fingerprint density at radius 2 is 2.05 bits per heavy atom. The van der Waals surface area contributed by atoms with Crippen LogP contribution in [-0.2, 0) is 19.1 Å². The molecule has 7 nitrogen and oxygen atoms in total. The molecule has 0 unspecified atom stereocenters. The molecule has 1 aliphatic rings. The minimum atomic E-state index is -0.942. The zero-order valence-electron chi connectivity index (χ0n) is 12.0. The minimum Gasteiger partial charge on any atom is -0.480 e. The van der Waals surface area contributed by atoms with Crippen molar-refractivity contribution in [1.82, 2.24) is 10.2 Å². The molecule has 0 spiro atoms. The highest BCUT2D eigenvalue weighted by molar-refractivity contribution is 5.77. The van der Waals surface area contributed by atoms with Gasteiger partial charge in [-0.15, -0.1) is 0 Å². The molecule has 116 valence electrons. The number of rotatable bonds is 9. The van der Waals surface area contributed by atoms with Crippen molar-refractivity contribution in [2.24, 2.45) is 0 Å². The number of piperidine rings is 1. The number of nitrogens with zero attached hydrogens (tertiary/aromatic N) is 1. The van der Waals surface area contributed by atoms with Crippen molar-refractivity contribution in [3.8, 4) is 0 Å². The lowest BCUT2D eigenvalue weighted by atomic mass is 10.1. The van der Waals surface area contributed by atoms with Crippen LogP contribution in [0.4, 0.5) is 0 Å². The van der Waals surface area contributed by atoms with E-state index in [1.54, 1.807) is 7.11 Å². The number of carboxylic acids is 1. The second-order valence-corrected chi connectivity index (χ2v) is 4.88. The van der Waals surface area contributed by atoms with E-state index in [9.17, 15) is 9.59 Å². The molecular formula is C13H24N2O5. The molecule has 1 rings (SSSR count). The van der Waals surface area contributed by atoms with Gasteiger partial charge in [-0.1, -0.05) is 0 Å². The molecule has 0 aromatic rings. The van der Waals surface area contributed by atoms with Crippen LogP contribution in [0, 0.1) is 0 Å². The maximum Gasteiger partial charge on any atom is 0.329 e. The molecule has 1 fully saturated rings. The van der Waals surface area contributed by atoms with E-state index in [-0.39, 0.29) is 18.6 Å². The number of amides is 1. The molecule has 1 heterocycles. The molecule has 0 aromatic heterocycles. The van der Waals surface area contributed by atoms with Gasteiger partial charge < -0.3 is 19.9 Å². The summed E-state index contributed by atoms with van der Waals surface area (Å²) in [5.41, 5.74) is 0. The Labute approximate surface area is 119 Å². The topological polar surface area (TPSA) is 88.1 Å². The zero-order valence-corrected chi connectivity index (χ0v) is 12.0. The predicted molar refractivity (Wildman–Crippen MR) is 72.6 cm³/mol. The fourth-order valence-corrected chi connectivity index (χ4v) is 2.13. The molecule has 1 amide bonds. The number of likely N-dealkylation sites (tertiary alicyclic amines) is 1. The standard InChI is InChI=1S/C13H24N2O5/c1-19-8-2-5-14-12(16)9-15-6-3-11(4-7-15)20-10-13(17)18/h11H,2-10H2,1H3,(H,14,16)(H,17,18). The van der Waals surface area contributed by atoms with E-state index in [1.165, 1.54) is 0 Å². The van der Waals surface area contributed by atoms with Crippen LogP contribution in [0.1, 0.15) is 19.3 Å². The highest BCUT2D eigenvalue weighted by Gasteiger charge is 2.21. The van der Waals surface area contributed by atoms with E-state index in [0.717, 1.165) is 32.4 Å². The van der Waals surface area contributed by atoms with E-state index < -0.39 is 5.97 Å². The first-order valence-corrected chi connectivity index (χ1v) is 6.93. The van der Waals surface area contributed by atoms with E-state index in [4.69, 9.17) is 14.6 Å². The first kappa shape index (κ1) is 16.9. The molecule has 0 aromatic carbocycles. The third-order valence-electron chi connectivity index (χ3n) is 3.19. The molecule has 0 radical (unpaired) electrons. The van der Waals surface area contributed by atoms with Crippen molar-refractivity contribution in [3.05, 3.63) is 0 Å². The Kier molecular flexibility index (Phi) is 8.17. The third-order valence-corrected chi connectivity index (χ3v) is 3.19. The van der Waals surface area contributed by atoms with Crippen LogP contribution >= 0.6 is 0 Å². The Morgan fingerprint density at radius 1 is 1.35 bits per heavy atom. The fourth-order valence-electron chi connectivity index (χ4n) is 2.13. The van der Waals surface area contributed by atoms with Gasteiger partial charge in [0, 0.05) is 33.4 Å². The molecule has 7 heteroatoms. The van der Waals surface area contributed by atoms with Gasteiger partial charge in [0.05, 0.1) is 12.6 Å². The number of carbonyl (C=O) groups is 2. The van der Waals surface area contributed by atoms with Crippen LogP contribution in [0.5, 0.6) is 0 Å². The molecule has 1 aliphatic heterocycles. The second kappa shape index (κ2) is 9.68. The van der Waals surface area contributed by atoms with Gasteiger partial charge in [0.1, 0.15) is 6.61 Å². The number of hydrogen-bond donors (Lipinski definition) is 2. The number of hydrogen-bond acceptors (Lipinski definition) is 5. The number of aliphatic carboxylic acids is 1. The van der Waals surface area contributed by atoms with Crippen LogP contribution in [0.2, 0.25) is 0 Å². The SMILES string of the molecule is COCCCNC(=O)CN1CCC(OCC(=O)O)CC1. The summed E-state index contributed by atoms with van der Waals surface area (Å²) < 4.78 is 10.2. The lowest BCUT2D eigenvalue weighted by Crippen LogP contribution is -2.43. The summed E-state index contributed by atoms with van der Waals surface area (Å²) in [6.45, 7) is 2.94. The first-order chi connectivity index (χ1) is 9.61. The van der Waals surface area contributed by atoms with Crippen LogP contribution < -0.4 is 5.32 Å². The van der Waals surface area contributed by atoms with Crippen molar-refractivity contribution in [3.63, 3.8) is 0 Å². The summed E-state index contributed by atoms with van der Waals surface area (Å²) in [6, 6.07) is 0. The molecule has 2 N–H and O–H groups in total. The van der Waals surface area contributed by atoms with Crippen molar-refractivity contribution >= 4 is 11.9 Å². The van der Waals surface area contributed by atoms with Gasteiger partial charge in [0.25, 0.3) is 0 Å². The van der Waals surface area contributed by atoms with Crippen LogP contribution in [0.3, 0.4) is 0 Å². The minimum absolute atomic E-state index is 0.00730. The first-order valence-electron chi connectivity index (χ1n) is 6.93. The third kappa shape index (κ3) is 7.42. The van der Waals surface area contributed by atoms with E-state index in [2.05, 4.69) is 10.2 Å². The number of nitrogens with one attached hydrogen (secondary N) is 1. The molecule has 0 bridgehead atoms. The number of carboxylic acid groups (broad SMARTS) is 1. The largest absolute Gasteiger partial charge is 0.480 e. The maximum absolute atomic E-state index is 11.7. The van der Waals surface area contributed by atoms with Gasteiger partial charge >= 0.3 is 5.97 Å². The average molecular weight is 288 g/mol. The average Bonchev–Trinajstić information content (AvgIpc) is 2.43. The molecule has 0 saturated carbocycles. The Bertz CT molecular complexity index is 303. The van der Waals surface area contributed by atoms with Crippen molar-refractivity contribution in [1.29, 1.82) is 0 Å². The molecule has 0 atom stereocenters. The van der Waals surface area contributed by atoms with E-state index >= 15 is 0 Å². The highest BCUT2D eigenvalue weighted by Crippen LogP contribution is 2.13. The molecule has 0 aliphatic carbocycles. The van der Waals surface area contributed by atoms with Gasteiger partial charge in [-0.25, -0.2) is 4.79 Å². The smallest absolute Gasteiger partial charge is 0.329 e. The lowest BCUT2D eigenvalue weighted by molar-refractivity contribution is -0.145. The van der Waals surface area contributed by atoms with Gasteiger partial charge in [0.2, 0.25) is 5.91 Å². The zero-order chi connectivity index (χ0) is 14.8. The van der Waals surface area contributed by atoms with Crippen molar-refractivity contribution < 1.29 is 24.2 Å². The lowest BCUT2D eigenvalue weighted by Gasteiger charge is -2.31. The Morgan fingerprint density at radius 3 is 2.65 bits per heavy atom. The Hall–Kier alpha value is -1.18. The van der Waals surface area contributed by atoms with E-state index in [0.29, 0.717) is 19.7 Å². The van der Waals surface area contributed by atoms with Crippen molar-refractivity contribution in [2.45, 2.75) is 25.4 Å². The quantitative estimate of drug-likeness (QED) is 0.567. The van der Waals surface area contributed by atoms with Gasteiger partial charge in [-0.05, 0) is 19.3 Å². The Balaban J connectivity index is 2.09. The summed E-state index contributed by atoms with van der Waals surface area (Å²) >= 11 is 0. The van der Waals surface area contributed by atoms with Gasteiger partial charge in [-0.2, -0.15) is 0 Å². The monoisotopic (exact) mass is 288 g/mol. The number of methoxy groups -OCH3 is 1. The van der Waals surface area contributed by atoms with Crippen LogP contribution in [-0.4, -0.2) is 74.5 Å². The van der Waals surface area contributed by atoms with Crippen LogP contribution in [0.15, 0.2) is 0 Å². The summed E-state index contributed by atoms with van der Waals surface area (Å²) in [5, 5.41) is 11.4. The fraction of sp³-hybridized carbons (Fsp3) is 0.846. The molecule has 1 saturated heterocycles. The summed E-state index contributed by atoms with van der Waals surface area (Å²) in [6.07, 6.45) is 2.34. The summed E-state index contributed by atoms with van der Waals surface area (Å²) in [4.78, 5) is 24.1.